The Labute approximate surface area is 161 Å². The normalized spacial score (nSPS) is 16.9. The second-order valence-electron chi connectivity index (χ2n) is 7.18. The van der Waals surface area contributed by atoms with E-state index >= 15 is 0 Å². The van der Waals surface area contributed by atoms with Gasteiger partial charge < -0.3 is 4.90 Å². The lowest BCUT2D eigenvalue weighted by molar-refractivity contribution is -0.134. The monoisotopic (exact) mass is 386 g/mol. The Bertz CT molecular complexity index is 846. The van der Waals surface area contributed by atoms with Crippen molar-refractivity contribution in [2.75, 3.05) is 13.1 Å². The van der Waals surface area contributed by atoms with Crippen molar-refractivity contribution in [1.82, 2.24) is 9.62 Å². The van der Waals surface area contributed by atoms with Crippen molar-refractivity contribution >= 4 is 15.9 Å². The first-order valence-electron chi connectivity index (χ1n) is 9.36. The minimum atomic E-state index is -3.77. The van der Waals surface area contributed by atoms with Gasteiger partial charge in [-0.1, -0.05) is 55.5 Å². The van der Waals surface area contributed by atoms with Crippen molar-refractivity contribution in [2.24, 2.45) is 5.92 Å². The summed E-state index contributed by atoms with van der Waals surface area (Å²) in [4.78, 5) is 15.1. The minimum absolute atomic E-state index is 0.148. The van der Waals surface area contributed by atoms with E-state index in [2.05, 4.69) is 11.6 Å². The van der Waals surface area contributed by atoms with Crippen molar-refractivity contribution in [1.29, 1.82) is 0 Å². The van der Waals surface area contributed by atoms with Crippen LogP contribution < -0.4 is 4.72 Å². The number of carbonyl (C=O) groups is 1. The number of likely N-dealkylation sites (tertiary alicyclic amines) is 1. The van der Waals surface area contributed by atoms with E-state index in [0.717, 1.165) is 18.4 Å². The van der Waals surface area contributed by atoms with E-state index in [0.29, 0.717) is 25.4 Å². The lowest BCUT2D eigenvalue weighted by Gasteiger charge is -2.33. The van der Waals surface area contributed by atoms with Crippen LogP contribution in [0.2, 0.25) is 0 Å². The first kappa shape index (κ1) is 19.6. The summed E-state index contributed by atoms with van der Waals surface area (Å²) in [6, 6.07) is 16.9. The molecule has 2 aromatic rings. The molecule has 144 valence electrons. The summed E-state index contributed by atoms with van der Waals surface area (Å²) in [5.74, 6) is 0.452. The lowest BCUT2D eigenvalue weighted by Crippen LogP contribution is -2.51. The van der Waals surface area contributed by atoms with Crippen LogP contribution in [0.5, 0.6) is 0 Å². The third kappa shape index (κ3) is 5.17. The summed E-state index contributed by atoms with van der Waals surface area (Å²) in [5.41, 5.74) is 0.928. The highest BCUT2D eigenvalue weighted by Crippen LogP contribution is 2.18. The molecule has 0 bridgehead atoms. The molecule has 1 unspecified atom stereocenters. The summed E-state index contributed by atoms with van der Waals surface area (Å²) in [5, 5.41) is 0. The SMILES string of the molecule is CC1CCN(C(=O)C(Cc2ccccc2)NS(=O)(=O)c2ccccc2)CC1. The second-order valence-corrected chi connectivity index (χ2v) is 8.90. The molecule has 1 aliphatic rings. The Morgan fingerprint density at radius 2 is 1.59 bits per heavy atom. The largest absolute Gasteiger partial charge is 0.341 e. The molecular weight excluding hydrogens is 360 g/mol. The molecular formula is C21H26N2O3S. The quantitative estimate of drug-likeness (QED) is 0.830. The molecule has 1 atom stereocenters. The van der Waals surface area contributed by atoms with Gasteiger partial charge >= 0.3 is 0 Å². The highest BCUT2D eigenvalue weighted by molar-refractivity contribution is 7.89. The van der Waals surface area contributed by atoms with Gasteiger partial charge in [0.1, 0.15) is 6.04 Å². The van der Waals surface area contributed by atoms with Gasteiger partial charge in [-0.25, -0.2) is 8.42 Å². The van der Waals surface area contributed by atoms with E-state index in [1.165, 1.54) is 12.1 Å². The number of nitrogens with zero attached hydrogens (tertiary/aromatic N) is 1. The zero-order valence-electron chi connectivity index (χ0n) is 15.5. The molecule has 0 aliphatic carbocycles. The smallest absolute Gasteiger partial charge is 0.241 e. The van der Waals surface area contributed by atoms with Gasteiger partial charge in [0.15, 0.2) is 0 Å². The molecule has 0 spiro atoms. The fraction of sp³-hybridized carbons (Fsp3) is 0.381. The van der Waals surface area contributed by atoms with E-state index in [1.807, 2.05) is 30.3 Å². The number of rotatable bonds is 6. The second kappa shape index (κ2) is 8.67. The van der Waals surface area contributed by atoms with Crippen molar-refractivity contribution in [3.05, 3.63) is 66.2 Å². The number of sulfonamides is 1. The maximum Gasteiger partial charge on any atom is 0.241 e. The number of hydrogen-bond acceptors (Lipinski definition) is 3. The molecule has 1 amide bonds. The van der Waals surface area contributed by atoms with Gasteiger partial charge in [-0.2, -0.15) is 4.72 Å². The van der Waals surface area contributed by atoms with Crippen LogP contribution in [-0.2, 0) is 21.2 Å². The van der Waals surface area contributed by atoms with Gasteiger partial charge in [0.2, 0.25) is 15.9 Å². The Balaban J connectivity index is 1.82. The van der Waals surface area contributed by atoms with Gasteiger partial charge in [-0.15, -0.1) is 0 Å². The summed E-state index contributed by atoms with van der Waals surface area (Å²) in [6.07, 6.45) is 2.24. The average Bonchev–Trinajstić information content (AvgIpc) is 2.69. The summed E-state index contributed by atoms with van der Waals surface area (Å²) in [6.45, 7) is 3.54. The molecule has 27 heavy (non-hydrogen) atoms. The van der Waals surface area contributed by atoms with Gasteiger partial charge in [0, 0.05) is 13.1 Å². The van der Waals surface area contributed by atoms with Crippen LogP contribution in [0.3, 0.4) is 0 Å². The molecule has 3 rings (SSSR count). The fourth-order valence-electron chi connectivity index (χ4n) is 3.33. The molecule has 1 fully saturated rings. The zero-order chi connectivity index (χ0) is 19.3. The van der Waals surface area contributed by atoms with Crippen LogP contribution >= 0.6 is 0 Å². The number of piperidine rings is 1. The first-order valence-corrected chi connectivity index (χ1v) is 10.8. The number of benzene rings is 2. The molecule has 0 saturated carbocycles. The van der Waals surface area contributed by atoms with E-state index < -0.39 is 16.1 Å². The maximum absolute atomic E-state index is 13.1. The molecule has 1 saturated heterocycles. The molecule has 1 heterocycles. The Morgan fingerprint density at radius 3 is 2.19 bits per heavy atom. The van der Waals surface area contributed by atoms with Crippen LogP contribution in [0, 0.1) is 5.92 Å². The number of amides is 1. The van der Waals surface area contributed by atoms with Crippen LogP contribution in [0.1, 0.15) is 25.3 Å². The first-order chi connectivity index (χ1) is 13.0. The fourth-order valence-corrected chi connectivity index (χ4v) is 4.54. The lowest BCUT2D eigenvalue weighted by atomic mass is 9.98. The van der Waals surface area contributed by atoms with E-state index in [4.69, 9.17) is 0 Å². The van der Waals surface area contributed by atoms with Crippen molar-refractivity contribution in [3.63, 3.8) is 0 Å². The molecule has 6 heteroatoms. The average molecular weight is 387 g/mol. The summed E-state index contributed by atoms with van der Waals surface area (Å²) >= 11 is 0. The molecule has 1 N–H and O–H groups in total. The van der Waals surface area contributed by atoms with Crippen LogP contribution in [-0.4, -0.2) is 38.4 Å². The highest BCUT2D eigenvalue weighted by atomic mass is 32.2. The van der Waals surface area contributed by atoms with Gasteiger partial charge in [0.05, 0.1) is 4.90 Å². The Hall–Kier alpha value is -2.18. The maximum atomic E-state index is 13.1. The topological polar surface area (TPSA) is 66.5 Å². The van der Waals surface area contributed by atoms with Crippen molar-refractivity contribution in [2.45, 2.75) is 37.1 Å². The molecule has 1 aliphatic heterocycles. The van der Waals surface area contributed by atoms with Gasteiger partial charge in [-0.05, 0) is 42.9 Å². The van der Waals surface area contributed by atoms with E-state index in [-0.39, 0.29) is 10.8 Å². The van der Waals surface area contributed by atoms with Crippen molar-refractivity contribution < 1.29 is 13.2 Å². The van der Waals surface area contributed by atoms with E-state index in [9.17, 15) is 13.2 Å². The molecule has 5 nitrogen and oxygen atoms in total. The van der Waals surface area contributed by atoms with Crippen molar-refractivity contribution in [3.8, 4) is 0 Å². The number of carbonyl (C=O) groups excluding carboxylic acids is 1. The highest BCUT2D eigenvalue weighted by Gasteiger charge is 2.31. The standard InChI is InChI=1S/C21H26N2O3S/c1-17-12-14-23(15-13-17)21(24)20(16-18-8-4-2-5-9-18)22-27(25,26)19-10-6-3-7-11-19/h2-11,17,20,22H,12-16H2,1H3. The van der Waals surface area contributed by atoms with Gasteiger partial charge in [-0.3, -0.25) is 4.79 Å². The molecule has 0 radical (unpaired) electrons. The van der Waals surface area contributed by atoms with Gasteiger partial charge in [0.25, 0.3) is 0 Å². The zero-order valence-corrected chi connectivity index (χ0v) is 16.4. The predicted octanol–water partition coefficient (Wildman–Crippen LogP) is 2.83. The summed E-state index contributed by atoms with van der Waals surface area (Å²) in [7, 11) is -3.77. The third-order valence-corrected chi connectivity index (χ3v) is 6.51. The predicted molar refractivity (Wildman–Crippen MR) is 106 cm³/mol. The van der Waals surface area contributed by atoms with Crippen LogP contribution in [0.25, 0.3) is 0 Å². The number of nitrogens with one attached hydrogen (secondary N) is 1. The molecule has 2 aromatic carbocycles. The number of hydrogen-bond donors (Lipinski definition) is 1. The summed E-state index contributed by atoms with van der Waals surface area (Å²) < 4.78 is 28.2. The van der Waals surface area contributed by atoms with E-state index in [1.54, 1.807) is 23.1 Å². The van der Waals surface area contributed by atoms with Crippen LogP contribution in [0.15, 0.2) is 65.6 Å². The minimum Gasteiger partial charge on any atom is -0.341 e. The molecule has 0 aromatic heterocycles. The van der Waals surface area contributed by atoms with Crippen LogP contribution in [0.4, 0.5) is 0 Å². The third-order valence-electron chi connectivity index (χ3n) is 5.03. The Kier molecular flexibility index (Phi) is 6.29. The Morgan fingerprint density at radius 1 is 1.04 bits per heavy atom.